The SMILES string of the molecule is COc1ccc(-n2nc(C(=O)N3CCCCC3)cc2-c2ccc(OCCNC(N)=O)cc2)cc1. The third kappa shape index (κ3) is 5.48. The van der Waals surface area contributed by atoms with Crippen LogP contribution in [0.25, 0.3) is 16.9 Å². The lowest BCUT2D eigenvalue weighted by molar-refractivity contribution is 0.0718. The Labute approximate surface area is 198 Å². The van der Waals surface area contributed by atoms with Gasteiger partial charge < -0.3 is 25.4 Å². The van der Waals surface area contributed by atoms with Gasteiger partial charge in [0.15, 0.2) is 5.69 Å². The Kier molecular flexibility index (Phi) is 7.31. The van der Waals surface area contributed by atoms with Gasteiger partial charge in [-0.05, 0) is 73.9 Å². The van der Waals surface area contributed by atoms with Crippen LogP contribution in [0.5, 0.6) is 11.5 Å². The predicted molar refractivity (Wildman–Crippen MR) is 128 cm³/mol. The number of hydrogen-bond acceptors (Lipinski definition) is 5. The molecule has 1 aliphatic heterocycles. The fraction of sp³-hybridized carbons (Fsp3) is 0.320. The number of nitrogens with one attached hydrogen (secondary N) is 1. The van der Waals surface area contributed by atoms with E-state index in [0.29, 0.717) is 24.6 Å². The number of methoxy groups -OCH3 is 1. The fourth-order valence-corrected chi connectivity index (χ4v) is 3.94. The standard InChI is InChI=1S/C25H29N5O4/c1-33-20-11-7-19(8-12-20)30-23(17-22(28-30)24(31)29-14-3-2-4-15-29)18-5-9-21(10-6-18)34-16-13-27-25(26)32/h5-12,17H,2-4,13-16H2,1H3,(H3,26,27,32). The van der Waals surface area contributed by atoms with Gasteiger partial charge in [-0.15, -0.1) is 0 Å². The second-order valence-electron chi connectivity index (χ2n) is 8.04. The Morgan fingerprint density at radius 3 is 2.32 bits per heavy atom. The van der Waals surface area contributed by atoms with Gasteiger partial charge in [0.1, 0.15) is 18.1 Å². The predicted octanol–water partition coefficient (Wildman–Crippen LogP) is 3.22. The normalized spacial score (nSPS) is 13.4. The highest BCUT2D eigenvalue weighted by Crippen LogP contribution is 2.28. The molecule has 3 N–H and O–H groups in total. The number of carbonyl (C=O) groups excluding carboxylic acids is 2. The number of amides is 3. The van der Waals surface area contributed by atoms with Crippen LogP contribution in [-0.4, -0.2) is 60.0 Å². The average molecular weight is 464 g/mol. The topological polar surface area (TPSA) is 112 Å². The molecule has 1 aliphatic rings. The van der Waals surface area contributed by atoms with Crippen LogP contribution in [-0.2, 0) is 0 Å². The summed E-state index contributed by atoms with van der Waals surface area (Å²) in [5.41, 5.74) is 8.00. The zero-order valence-corrected chi connectivity index (χ0v) is 19.2. The summed E-state index contributed by atoms with van der Waals surface area (Å²) in [5, 5.41) is 7.17. The number of nitrogens with zero attached hydrogens (tertiary/aromatic N) is 3. The van der Waals surface area contributed by atoms with Gasteiger partial charge in [0.2, 0.25) is 0 Å². The van der Waals surface area contributed by atoms with E-state index in [4.69, 9.17) is 15.2 Å². The maximum absolute atomic E-state index is 13.1. The van der Waals surface area contributed by atoms with Crippen LogP contribution in [0.3, 0.4) is 0 Å². The zero-order chi connectivity index (χ0) is 23.9. The largest absolute Gasteiger partial charge is 0.497 e. The fourth-order valence-electron chi connectivity index (χ4n) is 3.94. The summed E-state index contributed by atoms with van der Waals surface area (Å²) in [4.78, 5) is 25.8. The highest BCUT2D eigenvalue weighted by molar-refractivity contribution is 5.93. The first kappa shape index (κ1) is 23.2. The van der Waals surface area contributed by atoms with E-state index in [1.807, 2.05) is 59.5 Å². The molecule has 0 bridgehead atoms. The molecule has 0 saturated carbocycles. The van der Waals surface area contributed by atoms with Crippen molar-refractivity contribution >= 4 is 11.9 Å². The third-order valence-electron chi connectivity index (χ3n) is 5.71. The van der Waals surface area contributed by atoms with Crippen LogP contribution in [0.4, 0.5) is 4.79 Å². The van der Waals surface area contributed by atoms with E-state index in [2.05, 4.69) is 10.4 Å². The van der Waals surface area contributed by atoms with Gasteiger partial charge in [-0.1, -0.05) is 0 Å². The van der Waals surface area contributed by atoms with E-state index in [9.17, 15) is 9.59 Å². The van der Waals surface area contributed by atoms with Crippen molar-refractivity contribution in [2.45, 2.75) is 19.3 Å². The summed E-state index contributed by atoms with van der Waals surface area (Å²) < 4.78 is 12.7. The van der Waals surface area contributed by atoms with Gasteiger partial charge in [-0.3, -0.25) is 4.79 Å². The molecule has 9 nitrogen and oxygen atoms in total. The van der Waals surface area contributed by atoms with Crippen molar-refractivity contribution in [1.29, 1.82) is 0 Å². The van der Waals surface area contributed by atoms with Gasteiger partial charge in [-0.25, -0.2) is 9.48 Å². The first-order chi connectivity index (χ1) is 16.5. The smallest absolute Gasteiger partial charge is 0.312 e. The molecule has 9 heteroatoms. The van der Waals surface area contributed by atoms with Crippen molar-refractivity contribution in [3.63, 3.8) is 0 Å². The molecule has 0 radical (unpaired) electrons. The maximum atomic E-state index is 13.1. The van der Waals surface area contributed by atoms with Crippen molar-refractivity contribution < 1.29 is 19.1 Å². The van der Waals surface area contributed by atoms with Crippen molar-refractivity contribution in [3.8, 4) is 28.4 Å². The highest BCUT2D eigenvalue weighted by Gasteiger charge is 2.23. The van der Waals surface area contributed by atoms with E-state index in [0.717, 1.165) is 55.0 Å². The van der Waals surface area contributed by atoms with Crippen molar-refractivity contribution in [2.75, 3.05) is 33.4 Å². The van der Waals surface area contributed by atoms with Crippen LogP contribution in [0.2, 0.25) is 0 Å². The molecule has 178 valence electrons. The number of urea groups is 1. The summed E-state index contributed by atoms with van der Waals surface area (Å²) in [6.07, 6.45) is 3.20. The molecule has 0 aliphatic carbocycles. The molecule has 34 heavy (non-hydrogen) atoms. The Balaban J connectivity index is 1.61. The lowest BCUT2D eigenvalue weighted by atomic mass is 10.1. The Bertz CT molecular complexity index is 1120. The summed E-state index contributed by atoms with van der Waals surface area (Å²) in [6, 6.07) is 16.3. The van der Waals surface area contributed by atoms with Gasteiger partial charge in [0.05, 0.1) is 25.0 Å². The van der Waals surface area contributed by atoms with Gasteiger partial charge >= 0.3 is 6.03 Å². The van der Waals surface area contributed by atoms with Crippen LogP contribution < -0.4 is 20.5 Å². The molecule has 2 aromatic carbocycles. The van der Waals surface area contributed by atoms with Gasteiger partial charge in [-0.2, -0.15) is 5.10 Å². The van der Waals surface area contributed by atoms with Gasteiger partial charge in [0, 0.05) is 18.7 Å². The minimum atomic E-state index is -0.583. The molecule has 4 rings (SSSR count). The molecule has 1 aromatic heterocycles. The molecule has 2 heterocycles. The van der Waals surface area contributed by atoms with Crippen LogP contribution in [0.1, 0.15) is 29.8 Å². The molecule has 0 spiro atoms. The molecule has 3 amide bonds. The Hall–Kier alpha value is -4.01. The zero-order valence-electron chi connectivity index (χ0n) is 19.2. The average Bonchev–Trinajstić information content (AvgIpc) is 3.32. The lowest BCUT2D eigenvalue weighted by Gasteiger charge is -2.25. The van der Waals surface area contributed by atoms with Crippen LogP contribution in [0, 0.1) is 0 Å². The second-order valence-corrected chi connectivity index (χ2v) is 8.04. The molecule has 1 saturated heterocycles. The van der Waals surface area contributed by atoms with Crippen molar-refractivity contribution in [2.24, 2.45) is 5.73 Å². The molecular formula is C25H29N5O4. The number of rotatable bonds is 8. The third-order valence-corrected chi connectivity index (χ3v) is 5.71. The summed E-state index contributed by atoms with van der Waals surface area (Å²) in [5.74, 6) is 1.36. The first-order valence-corrected chi connectivity index (χ1v) is 11.4. The number of carbonyl (C=O) groups is 2. The van der Waals surface area contributed by atoms with E-state index in [1.54, 1.807) is 11.8 Å². The minimum Gasteiger partial charge on any atom is -0.497 e. The quantitative estimate of drug-likeness (QED) is 0.498. The van der Waals surface area contributed by atoms with E-state index >= 15 is 0 Å². The number of ether oxygens (including phenoxy) is 2. The van der Waals surface area contributed by atoms with Crippen molar-refractivity contribution in [1.82, 2.24) is 20.0 Å². The van der Waals surface area contributed by atoms with E-state index < -0.39 is 6.03 Å². The Morgan fingerprint density at radius 1 is 1.00 bits per heavy atom. The number of piperidine rings is 1. The molecule has 3 aromatic rings. The number of hydrogen-bond donors (Lipinski definition) is 2. The molecule has 1 fully saturated rings. The highest BCUT2D eigenvalue weighted by atomic mass is 16.5. The number of benzene rings is 2. The van der Waals surface area contributed by atoms with E-state index in [-0.39, 0.29) is 5.91 Å². The van der Waals surface area contributed by atoms with Gasteiger partial charge in [0.25, 0.3) is 5.91 Å². The van der Waals surface area contributed by atoms with E-state index in [1.165, 1.54) is 0 Å². The molecule has 0 atom stereocenters. The first-order valence-electron chi connectivity index (χ1n) is 11.4. The Morgan fingerprint density at radius 2 is 1.68 bits per heavy atom. The lowest BCUT2D eigenvalue weighted by Crippen LogP contribution is -2.35. The molecular weight excluding hydrogens is 434 g/mol. The van der Waals surface area contributed by atoms with Crippen LogP contribution in [0.15, 0.2) is 54.6 Å². The summed E-state index contributed by atoms with van der Waals surface area (Å²) in [6.45, 7) is 2.16. The monoisotopic (exact) mass is 463 g/mol. The summed E-state index contributed by atoms with van der Waals surface area (Å²) >= 11 is 0. The minimum absolute atomic E-state index is 0.0462. The number of primary amides is 1. The number of likely N-dealkylation sites (tertiary alicyclic amines) is 1. The van der Waals surface area contributed by atoms with Crippen molar-refractivity contribution in [3.05, 3.63) is 60.3 Å². The molecule has 0 unspecified atom stereocenters. The maximum Gasteiger partial charge on any atom is 0.312 e. The second kappa shape index (κ2) is 10.7. The van der Waals surface area contributed by atoms with Crippen LogP contribution >= 0.6 is 0 Å². The summed E-state index contributed by atoms with van der Waals surface area (Å²) in [7, 11) is 1.62. The number of nitrogens with two attached hydrogens (primary N) is 1. The number of aromatic nitrogens is 2.